The summed E-state index contributed by atoms with van der Waals surface area (Å²) in [7, 11) is 0. The van der Waals surface area contributed by atoms with Gasteiger partial charge in [0.15, 0.2) is 0 Å². The first kappa shape index (κ1) is 11.2. The molecule has 4 heteroatoms. The van der Waals surface area contributed by atoms with Gasteiger partial charge in [-0.3, -0.25) is 4.79 Å². The second kappa shape index (κ2) is 3.61. The summed E-state index contributed by atoms with van der Waals surface area (Å²) in [5.74, 6) is 1.15. The van der Waals surface area contributed by atoms with E-state index in [-0.39, 0.29) is 11.3 Å². The molecule has 2 heterocycles. The Bertz CT molecular complexity index is 414. The molecule has 1 aromatic heterocycles. The molecule has 0 atom stereocenters. The molecule has 0 fully saturated rings. The lowest BCUT2D eigenvalue weighted by atomic mass is 9.96. The van der Waals surface area contributed by atoms with E-state index in [1.165, 1.54) is 0 Å². The van der Waals surface area contributed by atoms with Crippen molar-refractivity contribution in [1.29, 1.82) is 0 Å². The maximum Gasteiger partial charge on any atom is 0.219 e. The van der Waals surface area contributed by atoms with Crippen LogP contribution < -0.4 is 0 Å². The topological polar surface area (TPSA) is 49.0 Å². The number of aromatic amines is 1. The second-order valence-corrected chi connectivity index (χ2v) is 5.45. The van der Waals surface area contributed by atoms with Gasteiger partial charge in [0.05, 0.1) is 17.9 Å². The minimum Gasteiger partial charge on any atom is -0.344 e. The van der Waals surface area contributed by atoms with Gasteiger partial charge in [0, 0.05) is 25.3 Å². The first-order valence-electron chi connectivity index (χ1n) is 5.71. The van der Waals surface area contributed by atoms with E-state index in [4.69, 9.17) is 0 Å². The van der Waals surface area contributed by atoms with E-state index in [1.54, 1.807) is 6.92 Å². The second-order valence-electron chi connectivity index (χ2n) is 5.45. The van der Waals surface area contributed by atoms with Crippen LogP contribution in [0.15, 0.2) is 0 Å². The van der Waals surface area contributed by atoms with Crippen LogP contribution in [0, 0.1) is 0 Å². The first-order chi connectivity index (χ1) is 7.38. The van der Waals surface area contributed by atoms with Gasteiger partial charge < -0.3 is 9.88 Å². The molecule has 2 rings (SSSR count). The van der Waals surface area contributed by atoms with Crippen LogP contribution in [0.2, 0.25) is 0 Å². The SMILES string of the molecule is CC(=O)N1CCc2nc(C(C)(C)C)[nH]c2C1. The minimum absolute atomic E-state index is 0.0401. The van der Waals surface area contributed by atoms with E-state index in [2.05, 4.69) is 30.7 Å². The maximum atomic E-state index is 11.3. The average Bonchev–Trinajstić information content (AvgIpc) is 2.58. The molecule has 4 nitrogen and oxygen atoms in total. The molecule has 0 aromatic carbocycles. The lowest BCUT2D eigenvalue weighted by Crippen LogP contribution is -2.34. The van der Waals surface area contributed by atoms with Crippen molar-refractivity contribution in [3.8, 4) is 0 Å². The van der Waals surface area contributed by atoms with Crippen LogP contribution in [-0.4, -0.2) is 27.3 Å². The quantitative estimate of drug-likeness (QED) is 0.723. The molecule has 0 saturated carbocycles. The van der Waals surface area contributed by atoms with Crippen molar-refractivity contribution in [2.45, 2.75) is 46.1 Å². The van der Waals surface area contributed by atoms with E-state index < -0.39 is 0 Å². The highest BCUT2D eigenvalue weighted by Crippen LogP contribution is 2.24. The van der Waals surface area contributed by atoms with Crippen molar-refractivity contribution in [2.75, 3.05) is 6.54 Å². The Morgan fingerprint density at radius 1 is 1.44 bits per heavy atom. The Kier molecular flexibility index (Phi) is 2.52. The predicted molar refractivity (Wildman–Crippen MR) is 62.1 cm³/mol. The van der Waals surface area contributed by atoms with Crippen LogP contribution in [0.1, 0.15) is 44.9 Å². The lowest BCUT2D eigenvalue weighted by Gasteiger charge is -2.24. The van der Waals surface area contributed by atoms with E-state index in [9.17, 15) is 4.79 Å². The van der Waals surface area contributed by atoms with Crippen LogP contribution in [0.4, 0.5) is 0 Å². The van der Waals surface area contributed by atoms with Crippen molar-refractivity contribution in [3.63, 3.8) is 0 Å². The molecule has 1 N–H and O–H groups in total. The summed E-state index contributed by atoms with van der Waals surface area (Å²) in [5.41, 5.74) is 2.27. The third kappa shape index (κ3) is 1.96. The highest BCUT2D eigenvalue weighted by atomic mass is 16.2. The van der Waals surface area contributed by atoms with Crippen molar-refractivity contribution < 1.29 is 4.79 Å². The molecular weight excluding hydrogens is 202 g/mol. The molecule has 0 spiro atoms. The number of rotatable bonds is 0. The standard InChI is InChI=1S/C12H19N3O/c1-8(16)15-6-5-9-10(7-15)14-11(13-9)12(2,3)4/h5-7H2,1-4H3,(H,13,14). The van der Waals surface area contributed by atoms with E-state index in [0.29, 0.717) is 6.54 Å². The molecule has 0 unspecified atom stereocenters. The predicted octanol–water partition coefficient (Wildman–Crippen LogP) is 1.61. The Morgan fingerprint density at radius 2 is 2.12 bits per heavy atom. The van der Waals surface area contributed by atoms with E-state index in [0.717, 1.165) is 30.2 Å². The van der Waals surface area contributed by atoms with Gasteiger partial charge in [-0.15, -0.1) is 0 Å². The van der Waals surface area contributed by atoms with Crippen molar-refractivity contribution in [3.05, 3.63) is 17.2 Å². The van der Waals surface area contributed by atoms with E-state index >= 15 is 0 Å². The minimum atomic E-state index is 0.0401. The number of aromatic nitrogens is 2. The van der Waals surface area contributed by atoms with Gasteiger partial charge in [0.2, 0.25) is 5.91 Å². The van der Waals surface area contributed by atoms with Gasteiger partial charge in [-0.2, -0.15) is 0 Å². The molecule has 1 aromatic rings. The highest BCUT2D eigenvalue weighted by molar-refractivity contribution is 5.73. The van der Waals surface area contributed by atoms with Gasteiger partial charge >= 0.3 is 0 Å². The summed E-state index contributed by atoms with van der Waals surface area (Å²) in [6.45, 7) is 9.50. The smallest absolute Gasteiger partial charge is 0.219 e. The first-order valence-corrected chi connectivity index (χ1v) is 5.71. The maximum absolute atomic E-state index is 11.3. The average molecular weight is 221 g/mol. The largest absolute Gasteiger partial charge is 0.344 e. The molecular formula is C12H19N3O. The Hall–Kier alpha value is -1.32. The summed E-state index contributed by atoms with van der Waals surface area (Å²) in [4.78, 5) is 21.1. The molecule has 1 aliphatic heterocycles. The molecule has 0 radical (unpaired) electrons. The van der Waals surface area contributed by atoms with Crippen LogP contribution in [0.5, 0.6) is 0 Å². The molecule has 16 heavy (non-hydrogen) atoms. The van der Waals surface area contributed by atoms with E-state index in [1.807, 2.05) is 4.90 Å². The van der Waals surface area contributed by atoms with Gasteiger partial charge in [-0.25, -0.2) is 4.98 Å². The number of hydrogen-bond acceptors (Lipinski definition) is 2. The third-order valence-corrected chi connectivity index (χ3v) is 2.99. The fourth-order valence-corrected chi connectivity index (χ4v) is 1.92. The third-order valence-electron chi connectivity index (χ3n) is 2.99. The number of carbonyl (C=O) groups excluding carboxylic acids is 1. The number of carbonyl (C=O) groups is 1. The van der Waals surface area contributed by atoms with Crippen LogP contribution in [0.25, 0.3) is 0 Å². The number of fused-ring (bicyclic) bond motifs is 1. The van der Waals surface area contributed by atoms with Gasteiger partial charge in [0.1, 0.15) is 5.82 Å². The van der Waals surface area contributed by atoms with Crippen LogP contribution in [-0.2, 0) is 23.2 Å². The fraction of sp³-hybridized carbons (Fsp3) is 0.667. The van der Waals surface area contributed by atoms with Crippen molar-refractivity contribution in [2.24, 2.45) is 0 Å². The van der Waals surface area contributed by atoms with Crippen molar-refractivity contribution in [1.82, 2.24) is 14.9 Å². The summed E-state index contributed by atoms with van der Waals surface area (Å²) >= 11 is 0. The summed E-state index contributed by atoms with van der Waals surface area (Å²) in [6.07, 6.45) is 0.863. The number of hydrogen-bond donors (Lipinski definition) is 1. The highest BCUT2D eigenvalue weighted by Gasteiger charge is 2.25. The van der Waals surface area contributed by atoms with Gasteiger partial charge in [-0.05, 0) is 0 Å². The number of imidazole rings is 1. The number of nitrogens with one attached hydrogen (secondary N) is 1. The van der Waals surface area contributed by atoms with Gasteiger partial charge in [0.25, 0.3) is 0 Å². The fourth-order valence-electron chi connectivity index (χ4n) is 1.92. The monoisotopic (exact) mass is 221 g/mol. The summed E-state index contributed by atoms with van der Waals surface area (Å²) < 4.78 is 0. The normalized spacial score (nSPS) is 16.1. The zero-order chi connectivity index (χ0) is 11.9. The molecule has 0 saturated heterocycles. The molecule has 1 aliphatic rings. The molecule has 1 amide bonds. The Morgan fingerprint density at radius 3 is 2.69 bits per heavy atom. The zero-order valence-electron chi connectivity index (χ0n) is 10.4. The van der Waals surface area contributed by atoms with Crippen LogP contribution in [0.3, 0.4) is 0 Å². The number of nitrogens with zero attached hydrogens (tertiary/aromatic N) is 2. The Balaban J connectivity index is 2.27. The zero-order valence-corrected chi connectivity index (χ0v) is 10.4. The van der Waals surface area contributed by atoms with Crippen molar-refractivity contribution >= 4 is 5.91 Å². The van der Waals surface area contributed by atoms with Crippen LogP contribution >= 0.6 is 0 Å². The number of amides is 1. The molecule has 0 bridgehead atoms. The lowest BCUT2D eigenvalue weighted by molar-refractivity contribution is -0.129. The van der Waals surface area contributed by atoms with Gasteiger partial charge in [-0.1, -0.05) is 20.8 Å². The molecule has 88 valence electrons. The number of H-pyrrole nitrogens is 1. The summed E-state index contributed by atoms with van der Waals surface area (Å²) in [6, 6.07) is 0. The molecule has 0 aliphatic carbocycles. The Labute approximate surface area is 96.1 Å². The summed E-state index contributed by atoms with van der Waals surface area (Å²) in [5, 5.41) is 0.